The fourth-order valence-corrected chi connectivity index (χ4v) is 6.03. The van der Waals surface area contributed by atoms with Crippen molar-refractivity contribution in [2.45, 2.75) is 24.7 Å². The first kappa shape index (κ1) is 28.5. The summed E-state index contributed by atoms with van der Waals surface area (Å²) in [6.45, 7) is 1.98. The topological polar surface area (TPSA) is 163 Å². The molecule has 0 unspecified atom stereocenters. The normalized spacial score (nSPS) is 15.0. The Bertz CT molecular complexity index is 1450. The molecule has 1 N–H and O–H groups in total. The number of carbonyl (C=O) groups is 1. The zero-order valence-corrected chi connectivity index (χ0v) is 21.0. The Hall–Kier alpha value is -2.69. The molecule has 11 nitrogen and oxygen atoms in total. The quantitative estimate of drug-likeness (QED) is 0.240. The molecule has 0 saturated carbocycles. The monoisotopic (exact) mass is 515 g/mol. The van der Waals surface area contributed by atoms with Crippen LogP contribution in [0.2, 0.25) is 0 Å². The van der Waals surface area contributed by atoms with Crippen LogP contribution in [0, 0.1) is 6.92 Å². The van der Waals surface area contributed by atoms with E-state index in [1.807, 2.05) is 0 Å². The van der Waals surface area contributed by atoms with E-state index in [-0.39, 0.29) is 58.3 Å². The summed E-state index contributed by atoms with van der Waals surface area (Å²) >= 11 is 0. The van der Waals surface area contributed by atoms with Crippen molar-refractivity contribution in [3.05, 3.63) is 53.9 Å². The number of aryl methyl sites for hydroxylation is 1. The Morgan fingerprint density at radius 2 is 1.80 bits per heavy atom. The fraction of sp³-hybridized carbons (Fsp3) is 0.286. The minimum atomic E-state index is -4.37. The zero-order chi connectivity index (χ0) is 23.8. The largest absolute Gasteiger partial charge is 1.00 e. The number of anilines is 1. The predicted octanol–water partition coefficient (Wildman–Crippen LogP) is -0.750. The minimum Gasteiger partial charge on any atom is -0.870 e. The van der Waals surface area contributed by atoms with E-state index in [1.165, 1.54) is 18.3 Å². The van der Waals surface area contributed by atoms with Gasteiger partial charge in [0.2, 0.25) is 15.8 Å². The number of carbonyl (C=O) groups excluding carboxylic acids is 1. The Morgan fingerprint density at radius 3 is 2.43 bits per heavy atom. The van der Waals surface area contributed by atoms with Crippen molar-refractivity contribution in [3.63, 3.8) is 0 Å². The van der Waals surface area contributed by atoms with Gasteiger partial charge in [-0.15, -0.1) is 0 Å². The Labute approximate surface area is 215 Å². The molecule has 0 aliphatic carbocycles. The standard InChI is InChI=1S/C21H21N3O7S2.Li.H2O/c1-14-7-9-15(10-8-14)33(28,29)31-19-17-16(6-5-11-22-17)20(23-18(19)21(25)30-2)24-12-3-4-13-32(24,26)27;;/h5-11H,3-4,12-13H2,1-2H3;;1H2/q;+1;/p-1. The number of ether oxygens (including phenoxy) is 1. The summed E-state index contributed by atoms with van der Waals surface area (Å²) in [4.78, 5) is 20.9. The summed E-state index contributed by atoms with van der Waals surface area (Å²) < 4.78 is 62.7. The second-order valence-corrected chi connectivity index (χ2v) is 11.0. The zero-order valence-electron chi connectivity index (χ0n) is 19.3. The van der Waals surface area contributed by atoms with Crippen molar-refractivity contribution in [2.24, 2.45) is 0 Å². The van der Waals surface area contributed by atoms with Gasteiger partial charge in [-0.1, -0.05) is 17.7 Å². The van der Waals surface area contributed by atoms with Crippen LogP contribution in [0.1, 0.15) is 28.9 Å². The molecule has 3 aromatic rings. The third-order valence-corrected chi connectivity index (χ3v) is 8.23. The van der Waals surface area contributed by atoms with Crippen LogP contribution in [0.15, 0.2) is 47.5 Å². The molecule has 1 aromatic carbocycles. The van der Waals surface area contributed by atoms with Crippen molar-refractivity contribution < 1.29 is 54.9 Å². The molecule has 1 fully saturated rings. The molecule has 0 bridgehead atoms. The summed E-state index contributed by atoms with van der Waals surface area (Å²) in [6.07, 6.45) is 2.49. The fourth-order valence-electron chi connectivity index (χ4n) is 3.49. The van der Waals surface area contributed by atoms with Crippen molar-refractivity contribution >= 4 is 42.8 Å². The summed E-state index contributed by atoms with van der Waals surface area (Å²) in [7, 11) is -6.95. The maximum Gasteiger partial charge on any atom is 1.00 e. The van der Waals surface area contributed by atoms with Crippen LogP contribution in [-0.4, -0.2) is 57.7 Å². The van der Waals surface area contributed by atoms with Gasteiger partial charge in [-0.2, -0.15) is 8.42 Å². The van der Waals surface area contributed by atoms with Crippen molar-refractivity contribution in [1.82, 2.24) is 9.97 Å². The Kier molecular flexibility index (Phi) is 8.91. The maximum absolute atomic E-state index is 13.0. The van der Waals surface area contributed by atoms with E-state index >= 15 is 0 Å². The molecule has 182 valence electrons. The van der Waals surface area contributed by atoms with Crippen LogP contribution < -0.4 is 27.3 Å². The van der Waals surface area contributed by atoms with Crippen LogP contribution >= 0.6 is 0 Å². The molecule has 3 heterocycles. The average Bonchev–Trinajstić information content (AvgIpc) is 2.79. The first-order valence-corrected chi connectivity index (χ1v) is 13.0. The molecule has 2 aromatic heterocycles. The van der Waals surface area contributed by atoms with E-state index in [1.54, 1.807) is 31.2 Å². The molecule has 0 radical (unpaired) electrons. The molecule has 14 heteroatoms. The van der Waals surface area contributed by atoms with E-state index in [9.17, 15) is 21.6 Å². The number of fused-ring (bicyclic) bond motifs is 1. The van der Waals surface area contributed by atoms with Crippen LogP contribution in [-0.2, 0) is 24.9 Å². The number of pyridine rings is 2. The SMILES string of the molecule is COC(=O)c1nc(N2CCCCS2(=O)=O)c2cccnc2c1OS(=O)(=O)c1ccc(C)cc1.[Li+].[OH-]. The smallest absolute Gasteiger partial charge is 0.870 e. The molecular weight excluding hydrogens is 493 g/mol. The first-order chi connectivity index (χ1) is 15.6. The maximum atomic E-state index is 13.0. The van der Waals surface area contributed by atoms with E-state index in [0.29, 0.717) is 12.8 Å². The third-order valence-electron chi connectivity index (χ3n) is 5.16. The van der Waals surface area contributed by atoms with Gasteiger partial charge in [0, 0.05) is 18.1 Å². The second-order valence-electron chi connectivity index (χ2n) is 7.45. The Balaban J connectivity index is 0.00000216. The van der Waals surface area contributed by atoms with Gasteiger partial charge in [-0.3, -0.25) is 9.29 Å². The summed E-state index contributed by atoms with van der Waals surface area (Å²) in [6, 6.07) is 9.06. The third kappa shape index (κ3) is 5.60. The van der Waals surface area contributed by atoms with Crippen molar-refractivity contribution in [3.8, 4) is 5.75 Å². The number of hydrogen-bond acceptors (Lipinski definition) is 10. The summed E-state index contributed by atoms with van der Waals surface area (Å²) in [5, 5.41) is 0.227. The predicted molar refractivity (Wildman–Crippen MR) is 122 cm³/mol. The van der Waals surface area contributed by atoms with Gasteiger partial charge in [-0.05, 0) is 44.0 Å². The van der Waals surface area contributed by atoms with Crippen molar-refractivity contribution in [2.75, 3.05) is 23.7 Å². The average molecular weight is 515 g/mol. The van der Waals surface area contributed by atoms with Gasteiger partial charge in [-0.25, -0.2) is 18.2 Å². The van der Waals surface area contributed by atoms with Crippen LogP contribution in [0.3, 0.4) is 0 Å². The van der Waals surface area contributed by atoms with E-state index in [2.05, 4.69) is 9.97 Å². The number of esters is 1. The van der Waals surface area contributed by atoms with Gasteiger partial charge >= 0.3 is 34.9 Å². The van der Waals surface area contributed by atoms with Crippen LogP contribution in [0.4, 0.5) is 5.82 Å². The molecule has 1 saturated heterocycles. The summed E-state index contributed by atoms with van der Waals surface area (Å²) in [5.41, 5.74) is 0.333. The van der Waals surface area contributed by atoms with Crippen molar-refractivity contribution in [1.29, 1.82) is 0 Å². The molecular formula is C21H22LiN3O8S2. The van der Waals surface area contributed by atoms with Gasteiger partial charge in [0.15, 0.2) is 11.5 Å². The van der Waals surface area contributed by atoms with E-state index in [0.717, 1.165) is 17.0 Å². The number of sulfonamides is 1. The van der Waals surface area contributed by atoms with Crippen LogP contribution in [0.5, 0.6) is 5.75 Å². The number of methoxy groups -OCH3 is 1. The molecule has 4 rings (SSSR count). The molecule has 35 heavy (non-hydrogen) atoms. The van der Waals surface area contributed by atoms with Gasteiger partial charge < -0.3 is 14.4 Å². The van der Waals surface area contributed by atoms with Gasteiger partial charge in [0.25, 0.3) is 0 Å². The molecule has 1 aliphatic rings. The molecule has 0 amide bonds. The summed E-state index contributed by atoms with van der Waals surface area (Å²) in [5.74, 6) is -1.52. The number of nitrogens with zero attached hydrogens (tertiary/aromatic N) is 3. The van der Waals surface area contributed by atoms with Gasteiger partial charge in [0.1, 0.15) is 10.4 Å². The van der Waals surface area contributed by atoms with E-state index < -0.39 is 37.6 Å². The first-order valence-electron chi connectivity index (χ1n) is 10.0. The molecule has 1 aliphatic heterocycles. The minimum absolute atomic E-state index is 0. The van der Waals surface area contributed by atoms with Gasteiger partial charge in [0.05, 0.1) is 12.9 Å². The number of rotatable bonds is 5. The molecule has 0 spiro atoms. The number of hydrogen-bond donors (Lipinski definition) is 0. The number of benzene rings is 1. The number of aromatic nitrogens is 2. The Morgan fingerprint density at radius 1 is 1.11 bits per heavy atom. The second kappa shape index (κ2) is 10.9. The van der Waals surface area contributed by atoms with E-state index in [4.69, 9.17) is 8.92 Å². The van der Waals surface area contributed by atoms with Crippen LogP contribution in [0.25, 0.3) is 10.9 Å². The molecule has 0 atom stereocenters.